The molecule has 0 bridgehead atoms. The van der Waals surface area contributed by atoms with Crippen LogP contribution in [0.15, 0.2) is 41.4 Å². The van der Waals surface area contributed by atoms with E-state index in [2.05, 4.69) is 4.99 Å². The lowest BCUT2D eigenvalue weighted by atomic mass is 10.2. The van der Waals surface area contributed by atoms with E-state index in [1.165, 1.54) is 0 Å². The van der Waals surface area contributed by atoms with E-state index in [1.807, 2.05) is 0 Å². The second-order valence-corrected chi connectivity index (χ2v) is 5.06. The standard InChI is InChI=1S/C7H8ClN3.C6H3N3O7/c8-5-2-1-3-6(4-5)11-7(9)10;10-6-4(8(13)14)1-3(7(11)12)2-5(6)9(15)16/h1-4H,(H4,9,10,11);1-2,10H. The second-order valence-electron chi connectivity index (χ2n) is 4.62. The number of nitrogens with two attached hydrogens (primary N) is 2. The van der Waals surface area contributed by atoms with E-state index in [9.17, 15) is 30.3 Å². The van der Waals surface area contributed by atoms with Crippen molar-refractivity contribution in [1.29, 1.82) is 0 Å². The van der Waals surface area contributed by atoms with Crippen LogP contribution in [0.25, 0.3) is 0 Å². The summed E-state index contributed by atoms with van der Waals surface area (Å²) in [5.74, 6) is -1.17. The van der Waals surface area contributed by atoms with Gasteiger partial charge in [-0.2, -0.15) is 0 Å². The predicted molar refractivity (Wildman–Crippen MR) is 95.0 cm³/mol. The lowest BCUT2D eigenvalue weighted by Gasteiger charge is -1.97. The van der Waals surface area contributed by atoms with Gasteiger partial charge in [0.15, 0.2) is 5.96 Å². The number of hydrogen-bond donors (Lipinski definition) is 3. The monoisotopic (exact) mass is 398 g/mol. The minimum atomic E-state index is -1.21. The first-order valence-corrected chi connectivity index (χ1v) is 7.06. The molecule has 0 aromatic heterocycles. The van der Waals surface area contributed by atoms with Crippen molar-refractivity contribution < 1.29 is 19.9 Å². The Bertz CT molecular complexity index is 894. The molecular weight excluding hydrogens is 388 g/mol. The molecule has 0 unspecified atom stereocenters. The molecule has 0 aliphatic carbocycles. The summed E-state index contributed by atoms with van der Waals surface area (Å²) < 4.78 is 0. The van der Waals surface area contributed by atoms with Crippen molar-refractivity contribution >= 4 is 40.3 Å². The third kappa shape index (κ3) is 6.09. The molecule has 0 radical (unpaired) electrons. The summed E-state index contributed by atoms with van der Waals surface area (Å²) in [5.41, 5.74) is 7.98. The van der Waals surface area contributed by atoms with Gasteiger partial charge >= 0.3 is 11.4 Å². The van der Waals surface area contributed by atoms with Crippen molar-refractivity contribution in [1.82, 2.24) is 0 Å². The van der Waals surface area contributed by atoms with Crippen molar-refractivity contribution in [2.45, 2.75) is 0 Å². The van der Waals surface area contributed by atoms with Crippen LogP contribution in [0.4, 0.5) is 22.7 Å². The maximum Gasteiger partial charge on any atom is 0.324 e. The Labute approximate surface area is 154 Å². The highest BCUT2D eigenvalue weighted by molar-refractivity contribution is 6.30. The van der Waals surface area contributed by atoms with Crippen LogP contribution in [0, 0.1) is 30.3 Å². The summed E-state index contributed by atoms with van der Waals surface area (Å²) in [6.07, 6.45) is 0. The summed E-state index contributed by atoms with van der Waals surface area (Å²) in [4.78, 5) is 31.6. The Kier molecular flexibility index (Phi) is 6.94. The molecule has 2 aromatic carbocycles. The van der Waals surface area contributed by atoms with Crippen LogP contribution in [0.2, 0.25) is 5.02 Å². The van der Waals surface area contributed by atoms with Gasteiger partial charge in [-0.15, -0.1) is 0 Å². The normalized spacial score (nSPS) is 9.52. The van der Waals surface area contributed by atoms with Crippen LogP contribution in [-0.4, -0.2) is 25.8 Å². The fourth-order valence-electron chi connectivity index (χ4n) is 1.67. The minimum Gasteiger partial charge on any atom is -0.497 e. The summed E-state index contributed by atoms with van der Waals surface area (Å²) in [5, 5.41) is 40.8. The first-order chi connectivity index (χ1) is 12.5. The summed E-state index contributed by atoms with van der Waals surface area (Å²) in [6.45, 7) is 0. The molecule has 0 atom stereocenters. The molecule has 0 heterocycles. The molecule has 2 aromatic rings. The molecule has 0 fully saturated rings. The van der Waals surface area contributed by atoms with Gasteiger partial charge in [0.25, 0.3) is 11.4 Å². The molecule has 0 saturated heterocycles. The molecule has 0 aliphatic heterocycles. The topological polar surface area (TPSA) is 214 Å². The number of phenols is 1. The second kappa shape index (κ2) is 8.91. The number of nitro groups is 3. The lowest BCUT2D eigenvalue weighted by Crippen LogP contribution is -2.21. The van der Waals surface area contributed by atoms with Gasteiger partial charge in [-0.1, -0.05) is 17.7 Å². The largest absolute Gasteiger partial charge is 0.497 e. The Morgan fingerprint density at radius 3 is 1.85 bits per heavy atom. The van der Waals surface area contributed by atoms with E-state index in [1.54, 1.807) is 24.3 Å². The quantitative estimate of drug-likeness (QED) is 0.297. The summed E-state index contributed by atoms with van der Waals surface area (Å²) in [7, 11) is 0. The molecule has 13 nitrogen and oxygen atoms in total. The molecule has 0 spiro atoms. The molecule has 0 amide bonds. The van der Waals surface area contributed by atoms with Gasteiger partial charge in [0.2, 0.25) is 0 Å². The van der Waals surface area contributed by atoms with Gasteiger partial charge in [0, 0.05) is 5.02 Å². The van der Waals surface area contributed by atoms with Gasteiger partial charge in [0.1, 0.15) is 0 Å². The molecule has 0 saturated carbocycles. The SMILES string of the molecule is NC(N)=Nc1cccc(Cl)c1.O=[N+]([O-])c1cc([N+](=O)[O-])c(O)c([N+](=O)[O-])c1. The molecule has 2 rings (SSSR count). The van der Waals surface area contributed by atoms with E-state index in [0.29, 0.717) is 22.8 Å². The number of phenolic OH excluding ortho intramolecular Hbond substituents is 1. The van der Waals surface area contributed by atoms with E-state index in [-0.39, 0.29) is 5.96 Å². The molecule has 0 aliphatic rings. The minimum absolute atomic E-state index is 0.0345. The zero-order valence-electron chi connectivity index (χ0n) is 13.2. The lowest BCUT2D eigenvalue weighted by molar-refractivity contribution is -0.404. The highest BCUT2D eigenvalue weighted by atomic mass is 35.5. The number of benzene rings is 2. The van der Waals surface area contributed by atoms with E-state index in [0.717, 1.165) is 0 Å². The number of nitro benzene ring substituents is 3. The van der Waals surface area contributed by atoms with Crippen molar-refractivity contribution in [3.63, 3.8) is 0 Å². The molecule has 27 heavy (non-hydrogen) atoms. The third-order valence-corrected chi connectivity index (χ3v) is 2.96. The molecular formula is C13H11ClN6O7. The number of aromatic hydroxyl groups is 1. The van der Waals surface area contributed by atoms with Gasteiger partial charge < -0.3 is 16.6 Å². The smallest absolute Gasteiger partial charge is 0.324 e. The van der Waals surface area contributed by atoms with E-state index in [4.69, 9.17) is 28.2 Å². The number of non-ortho nitro benzene ring substituents is 1. The van der Waals surface area contributed by atoms with Crippen LogP contribution in [0.3, 0.4) is 0 Å². The zero-order chi connectivity index (χ0) is 20.7. The maximum absolute atomic E-state index is 10.4. The molecule has 14 heteroatoms. The number of guanidine groups is 1. The van der Waals surface area contributed by atoms with E-state index >= 15 is 0 Å². The van der Waals surface area contributed by atoms with Crippen LogP contribution < -0.4 is 11.5 Å². The Morgan fingerprint density at radius 1 is 0.963 bits per heavy atom. The first-order valence-electron chi connectivity index (χ1n) is 6.68. The van der Waals surface area contributed by atoms with Crippen molar-refractivity contribution in [2.24, 2.45) is 16.5 Å². The van der Waals surface area contributed by atoms with Crippen molar-refractivity contribution in [2.75, 3.05) is 0 Å². The number of halogens is 1. The van der Waals surface area contributed by atoms with Gasteiger partial charge in [-0.25, -0.2) is 4.99 Å². The van der Waals surface area contributed by atoms with Crippen LogP contribution in [-0.2, 0) is 0 Å². The summed E-state index contributed by atoms with van der Waals surface area (Å²) >= 11 is 5.68. The highest BCUT2D eigenvalue weighted by Gasteiger charge is 2.30. The van der Waals surface area contributed by atoms with Crippen molar-refractivity contribution in [3.05, 3.63) is 71.8 Å². The van der Waals surface area contributed by atoms with E-state index < -0.39 is 37.6 Å². The fourth-order valence-corrected chi connectivity index (χ4v) is 1.85. The molecule has 142 valence electrons. The number of rotatable bonds is 4. The molecule has 5 N–H and O–H groups in total. The number of aliphatic imine (C=N–C) groups is 1. The zero-order valence-corrected chi connectivity index (χ0v) is 13.9. The predicted octanol–water partition coefficient (Wildman–Crippen LogP) is 2.36. The van der Waals surface area contributed by atoms with Gasteiger partial charge in [-0.3, -0.25) is 30.3 Å². The average Bonchev–Trinajstić information content (AvgIpc) is 2.54. The van der Waals surface area contributed by atoms with Crippen LogP contribution in [0.5, 0.6) is 5.75 Å². The Balaban J connectivity index is 0.000000289. The van der Waals surface area contributed by atoms with Gasteiger partial charge in [-0.05, 0) is 18.2 Å². The van der Waals surface area contributed by atoms with Crippen LogP contribution in [0.1, 0.15) is 0 Å². The maximum atomic E-state index is 10.4. The number of hydrogen-bond acceptors (Lipinski definition) is 8. The third-order valence-electron chi connectivity index (χ3n) is 2.73. The Morgan fingerprint density at radius 2 is 1.48 bits per heavy atom. The first kappa shape index (κ1) is 21.0. The van der Waals surface area contributed by atoms with Crippen molar-refractivity contribution in [3.8, 4) is 5.75 Å². The summed E-state index contributed by atoms with van der Waals surface area (Å²) in [6, 6.07) is 7.88. The Hall–Kier alpha value is -4.00. The number of nitrogens with zero attached hydrogens (tertiary/aromatic N) is 4. The fraction of sp³-hybridized carbons (Fsp3) is 0. The van der Waals surface area contributed by atoms with Gasteiger partial charge in [0.05, 0.1) is 32.6 Å². The average molecular weight is 399 g/mol. The highest BCUT2D eigenvalue weighted by Crippen LogP contribution is 2.38. The van der Waals surface area contributed by atoms with Crippen LogP contribution >= 0.6 is 11.6 Å².